The lowest BCUT2D eigenvalue weighted by atomic mass is 10.1. The Morgan fingerprint density at radius 1 is 1.41 bits per heavy atom. The topological polar surface area (TPSA) is 55.2 Å². The molecule has 0 bridgehead atoms. The monoisotopic (exact) mass is 254 g/mol. The Kier molecular flexibility index (Phi) is 4.96. The van der Waals surface area contributed by atoms with Gasteiger partial charge in [0.1, 0.15) is 0 Å². The van der Waals surface area contributed by atoms with Crippen molar-refractivity contribution >= 4 is 17.4 Å². The van der Waals surface area contributed by atoms with Gasteiger partial charge in [-0.3, -0.25) is 10.1 Å². The first-order chi connectivity index (χ1) is 7.96. The minimum atomic E-state index is -0.337. The molecule has 1 aromatic rings. The lowest BCUT2D eigenvalue weighted by Crippen LogP contribution is -2.31. The summed E-state index contributed by atoms with van der Waals surface area (Å²) in [6.07, 6.45) is 2.06. The van der Waals surface area contributed by atoms with Crippen molar-refractivity contribution in [2.75, 3.05) is 12.8 Å². The minimum absolute atomic E-state index is 0.142. The smallest absolute Gasteiger partial charge is 0.273 e. The molecule has 1 N–H and O–H groups in total. The van der Waals surface area contributed by atoms with Gasteiger partial charge in [0.25, 0.3) is 5.69 Å². The number of hydrogen-bond donors (Lipinski definition) is 1. The van der Waals surface area contributed by atoms with Gasteiger partial charge in [0, 0.05) is 29.5 Å². The zero-order valence-corrected chi connectivity index (χ0v) is 11.2. The van der Waals surface area contributed by atoms with Crippen LogP contribution in [0.1, 0.15) is 19.4 Å². The molecule has 0 aliphatic carbocycles. The molecule has 0 amide bonds. The number of nitrogens with zero attached hydrogens (tertiary/aromatic N) is 1. The molecule has 0 fully saturated rings. The summed E-state index contributed by atoms with van der Waals surface area (Å²) in [6, 6.07) is 6.84. The number of benzene rings is 1. The van der Waals surface area contributed by atoms with Crippen molar-refractivity contribution < 1.29 is 4.92 Å². The molecular weight excluding hydrogens is 236 g/mol. The van der Waals surface area contributed by atoms with Crippen LogP contribution in [0.5, 0.6) is 0 Å². The van der Waals surface area contributed by atoms with E-state index in [4.69, 9.17) is 0 Å². The van der Waals surface area contributed by atoms with Gasteiger partial charge in [-0.25, -0.2) is 0 Å². The van der Waals surface area contributed by atoms with Crippen molar-refractivity contribution in [2.24, 2.45) is 0 Å². The summed E-state index contributed by atoms with van der Waals surface area (Å²) < 4.78 is 0.142. The molecule has 4 nitrogen and oxygen atoms in total. The fraction of sp³-hybridized carbons (Fsp3) is 0.500. The Morgan fingerprint density at radius 2 is 2.06 bits per heavy atom. The number of thioether (sulfide) groups is 1. The van der Waals surface area contributed by atoms with Crippen LogP contribution in [0.4, 0.5) is 5.69 Å². The van der Waals surface area contributed by atoms with Gasteiger partial charge in [0.2, 0.25) is 0 Å². The predicted molar refractivity (Wildman–Crippen MR) is 72.4 cm³/mol. The molecule has 17 heavy (non-hydrogen) atoms. The van der Waals surface area contributed by atoms with Crippen molar-refractivity contribution in [3.05, 3.63) is 39.9 Å². The van der Waals surface area contributed by atoms with Crippen LogP contribution in [0.3, 0.4) is 0 Å². The van der Waals surface area contributed by atoms with Crippen molar-refractivity contribution in [2.45, 2.75) is 25.1 Å². The van der Waals surface area contributed by atoms with E-state index < -0.39 is 0 Å². The maximum atomic E-state index is 10.8. The van der Waals surface area contributed by atoms with Crippen LogP contribution in [-0.2, 0) is 6.54 Å². The van der Waals surface area contributed by atoms with E-state index in [9.17, 15) is 10.1 Å². The largest absolute Gasteiger partial charge is 0.311 e. The second kappa shape index (κ2) is 6.02. The molecule has 0 aromatic heterocycles. The fourth-order valence-corrected chi connectivity index (χ4v) is 1.66. The van der Waals surface area contributed by atoms with Gasteiger partial charge < -0.3 is 5.32 Å². The maximum Gasteiger partial charge on any atom is 0.273 e. The van der Waals surface area contributed by atoms with Crippen LogP contribution in [0.15, 0.2) is 24.3 Å². The first kappa shape index (κ1) is 14.0. The highest BCUT2D eigenvalue weighted by molar-refractivity contribution is 7.99. The molecular formula is C12H18N2O2S. The quantitative estimate of drug-likeness (QED) is 0.626. The summed E-state index contributed by atoms with van der Waals surface area (Å²) in [7, 11) is 0. The van der Waals surface area contributed by atoms with Crippen LogP contribution in [0, 0.1) is 10.1 Å². The standard InChI is InChI=1S/C12H18N2O2S/c1-12(2,17-3)9-13-8-10-6-4-5-7-11(10)14(15)16/h4-7,13H,8-9H2,1-3H3. The van der Waals surface area contributed by atoms with Crippen molar-refractivity contribution in [1.29, 1.82) is 0 Å². The molecule has 94 valence electrons. The average molecular weight is 254 g/mol. The highest BCUT2D eigenvalue weighted by Crippen LogP contribution is 2.21. The normalized spacial score (nSPS) is 11.5. The highest BCUT2D eigenvalue weighted by atomic mass is 32.2. The Labute approximate surface area is 106 Å². The molecule has 0 aliphatic heterocycles. The Balaban J connectivity index is 2.61. The van der Waals surface area contributed by atoms with E-state index in [1.165, 1.54) is 6.07 Å². The zero-order chi connectivity index (χ0) is 12.9. The van der Waals surface area contributed by atoms with E-state index in [0.29, 0.717) is 6.54 Å². The first-order valence-electron chi connectivity index (χ1n) is 5.44. The van der Waals surface area contributed by atoms with Gasteiger partial charge in [-0.05, 0) is 20.1 Å². The van der Waals surface area contributed by atoms with E-state index >= 15 is 0 Å². The number of rotatable bonds is 6. The SMILES string of the molecule is CSC(C)(C)CNCc1ccccc1[N+](=O)[O-]. The average Bonchev–Trinajstić information content (AvgIpc) is 2.29. The Morgan fingerprint density at radius 3 is 2.65 bits per heavy atom. The third kappa shape index (κ3) is 4.36. The predicted octanol–water partition coefficient (Wildman–Crippen LogP) is 2.83. The number of hydrogen-bond acceptors (Lipinski definition) is 4. The molecule has 5 heteroatoms. The molecule has 0 saturated heterocycles. The molecule has 0 heterocycles. The Hall–Kier alpha value is -1.07. The summed E-state index contributed by atoms with van der Waals surface area (Å²) in [5.41, 5.74) is 0.913. The molecule has 0 radical (unpaired) electrons. The number of nitro benzene ring substituents is 1. The lowest BCUT2D eigenvalue weighted by molar-refractivity contribution is -0.385. The summed E-state index contributed by atoms with van der Waals surface area (Å²) in [5, 5.41) is 14.1. The van der Waals surface area contributed by atoms with Crippen LogP contribution < -0.4 is 5.32 Å². The van der Waals surface area contributed by atoms with E-state index in [2.05, 4.69) is 25.4 Å². The fourth-order valence-electron chi connectivity index (χ4n) is 1.41. The van der Waals surface area contributed by atoms with Crippen LogP contribution >= 0.6 is 11.8 Å². The summed E-state index contributed by atoms with van der Waals surface area (Å²) >= 11 is 1.78. The molecule has 0 aliphatic rings. The molecule has 0 saturated carbocycles. The van der Waals surface area contributed by atoms with Gasteiger partial charge in [-0.1, -0.05) is 18.2 Å². The number of nitro groups is 1. The summed E-state index contributed by atoms with van der Waals surface area (Å²) in [4.78, 5) is 10.5. The number of nitrogens with one attached hydrogen (secondary N) is 1. The van der Waals surface area contributed by atoms with Crippen molar-refractivity contribution in [1.82, 2.24) is 5.32 Å². The van der Waals surface area contributed by atoms with Crippen LogP contribution in [0.2, 0.25) is 0 Å². The second-order valence-corrected chi connectivity index (χ2v) is 5.97. The van der Waals surface area contributed by atoms with Gasteiger partial charge >= 0.3 is 0 Å². The number of para-hydroxylation sites is 1. The van der Waals surface area contributed by atoms with Gasteiger partial charge in [-0.15, -0.1) is 0 Å². The first-order valence-corrected chi connectivity index (χ1v) is 6.67. The third-order valence-corrected chi connectivity index (χ3v) is 3.86. The minimum Gasteiger partial charge on any atom is -0.311 e. The van der Waals surface area contributed by atoms with E-state index in [0.717, 1.165) is 12.1 Å². The second-order valence-electron chi connectivity index (χ2n) is 4.45. The highest BCUT2D eigenvalue weighted by Gasteiger charge is 2.16. The Bertz CT molecular complexity index is 394. The lowest BCUT2D eigenvalue weighted by Gasteiger charge is -2.22. The van der Waals surface area contributed by atoms with Crippen LogP contribution in [-0.4, -0.2) is 22.5 Å². The van der Waals surface area contributed by atoms with E-state index in [-0.39, 0.29) is 15.4 Å². The van der Waals surface area contributed by atoms with E-state index in [1.54, 1.807) is 23.9 Å². The van der Waals surface area contributed by atoms with Gasteiger partial charge in [0.05, 0.1) is 4.92 Å². The van der Waals surface area contributed by atoms with E-state index in [1.807, 2.05) is 6.07 Å². The molecule has 0 spiro atoms. The van der Waals surface area contributed by atoms with Crippen molar-refractivity contribution in [3.63, 3.8) is 0 Å². The van der Waals surface area contributed by atoms with Crippen molar-refractivity contribution in [3.8, 4) is 0 Å². The molecule has 0 atom stereocenters. The summed E-state index contributed by atoms with van der Waals surface area (Å²) in [5.74, 6) is 0. The maximum absolute atomic E-state index is 10.8. The molecule has 1 aromatic carbocycles. The molecule has 0 unspecified atom stereocenters. The van der Waals surface area contributed by atoms with Gasteiger partial charge in [0.15, 0.2) is 0 Å². The van der Waals surface area contributed by atoms with Gasteiger partial charge in [-0.2, -0.15) is 11.8 Å². The zero-order valence-electron chi connectivity index (χ0n) is 10.4. The molecule has 1 rings (SSSR count). The summed E-state index contributed by atoms with van der Waals surface area (Å²) in [6.45, 7) is 5.63. The van der Waals surface area contributed by atoms with Crippen LogP contribution in [0.25, 0.3) is 0 Å². The third-order valence-electron chi connectivity index (χ3n) is 2.61.